The van der Waals surface area contributed by atoms with Gasteiger partial charge in [0.05, 0.1) is 18.7 Å². The number of benzene rings is 3. The Kier molecular flexibility index (Phi) is 4.82. The van der Waals surface area contributed by atoms with Crippen molar-refractivity contribution in [3.63, 3.8) is 0 Å². The molecule has 0 radical (unpaired) electrons. The van der Waals surface area contributed by atoms with Crippen LogP contribution >= 0.6 is 15.9 Å². The van der Waals surface area contributed by atoms with Crippen LogP contribution in [-0.4, -0.2) is 29.1 Å². The number of anilines is 1. The molecule has 1 spiro atoms. The van der Waals surface area contributed by atoms with E-state index >= 15 is 0 Å². The van der Waals surface area contributed by atoms with Crippen LogP contribution in [0.1, 0.15) is 17.0 Å². The number of hydrogen-bond donors (Lipinski definition) is 1. The molecule has 0 aliphatic carbocycles. The van der Waals surface area contributed by atoms with Crippen LogP contribution in [0.2, 0.25) is 0 Å². The number of methoxy groups -OCH3 is 1. The van der Waals surface area contributed by atoms with Crippen molar-refractivity contribution in [3.05, 3.63) is 96.1 Å². The molecule has 2 aliphatic rings. The minimum atomic E-state index is -1.29. The number of carbonyl (C=O) groups excluding carboxylic acids is 1. The van der Waals surface area contributed by atoms with Gasteiger partial charge in [0, 0.05) is 5.56 Å². The molecule has 154 valence electrons. The van der Waals surface area contributed by atoms with E-state index in [0.717, 1.165) is 22.6 Å². The first-order valence-electron chi connectivity index (χ1n) is 9.83. The van der Waals surface area contributed by atoms with Crippen molar-refractivity contribution in [1.29, 1.82) is 0 Å². The molecule has 0 aromatic heterocycles. The third kappa shape index (κ3) is 3.13. The fourth-order valence-corrected chi connectivity index (χ4v) is 4.77. The lowest BCUT2D eigenvalue weighted by atomic mass is 9.87. The average Bonchev–Trinajstić information content (AvgIpc) is 3.32. The molecule has 5 rings (SSSR count). The lowest BCUT2D eigenvalue weighted by Crippen LogP contribution is -2.53. The molecule has 0 saturated carbocycles. The van der Waals surface area contributed by atoms with Crippen LogP contribution in [0.3, 0.4) is 0 Å². The lowest BCUT2D eigenvalue weighted by Gasteiger charge is -2.33. The van der Waals surface area contributed by atoms with Gasteiger partial charge in [-0.15, -0.1) is 0 Å². The fraction of sp³-hybridized carbons (Fsp3) is 0.125. The fourth-order valence-electron chi connectivity index (χ4n) is 4.03. The number of nitrogens with zero attached hydrogens (tertiary/aromatic N) is 3. The van der Waals surface area contributed by atoms with Crippen LogP contribution in [0.5, 0.6) is 5.75 Å². The van der Waals surface area contributed by atoms with Gasteiger partial charge in [-0.2, -0.15) is 5.10 Å². The highest BCUT2D eigenvalue weighted by Gasteiger charge is 2.60. The van der Waals surface area contributed by atoms with E-state index in [1.807, 2.05) is 84.9 Å². The summed E-state index contributed by atoms with van der Waals surface area (Å²) in [5.74, 6) is 0.615. The summed E-state index contributed by atoms with van der Waals surface area (Å²) in [7, 11) is 1.63. The molecule has 31 heavy (non-hydrogen) atoms. The molecule has 0 fully saturated rings. The van der Waals surface area contributed by atoms with E-state index in [1.54, 1.807) is 12.1 Å². The van der Waals surface area contributed by atoms with Gasteiger partial charge < -0.3 is 10.1 Å². The van der Waals surface area contributed by atoms with Gasteiger partial charge in [-0.25, -0.2) is 10.0 Å². The van der Waals surface area contributed by atoms with Crippen LogP contribution in [0.25, 0.3) is 0 Å². The van der Waals surface area contributed by atoms with Crippen molar-refractivity contribution in [2.24, 2.45) is 10.1 Å². The van der Waals surface area contributed by atoms with E-state index in [-0.39, 0.29) is 5.91 Å². The summed E-state index contributed by atoms with van der Waals surface area (Å²) in [6.07, 6.45) is 0. The third-order valence-electron chi connectivity index (χ3n) is 5.50. The summed E-state index contributed by atoms with van der Waals surface area (Å²) in [4.78, 5) is 18.6. The molecule has 3 aromatic carbocycles. The van der Waals surface area contributed by atoms with Crippen molar-refractivity contribution in [2.75, 3.05) is 12.1 Å². The summed E-state index contributed by atoms with van der Waals surface area (Å²) < 4.78 is 5.94. The predicted molar refractivity (Wildman–Crippen MR) is 125 cm³/mol. The molecule has 0 unspecified atom stereocenters. The van der Waals surface area contributed by atoms with Gasteiger partial charge >= 0.3 is 0 Å². The van der Waals surface area contributed by atoms with Gasteiger partial charge in [0.25, 0.3) is 5.91 Å². The van der Waals surface area contributed by atoms with Crippen LogP contribution in [-0.2, 0) is 4.79 Å². The first-order chi connectivity index (χ1) is 15.1. The van der Waals surface area contributed by atoms with Gasteiger partial charge in [-0.1, -0.05) is 60.7 Å². The van der Waals surface area contributed by atoms with E-state index in [1.165, 1.54) is 0 Å². The molecule has 1 N–H and O–H groups in total. The highest BCUT2D eigenvalue weighted by Crippen LogP contribution is 2.47. The molecule has 1 amide bonds. The van der Waals surface area contributed by atoms with Crippen molar-refractivity contribution in [3.8, 4) is 5.75 Å². The Balaban J connectivity index is 1.69. The van der Waals surface area contributed by atoms with Crippen molar-refractivity contribution in [1.82, 2.24) is 5.32 Å². The summed E-state index contributed by atoms with van der Waals surface area (Å²) >= 11 is 3.63. The van der Waals surface area contributed by atoms with Crippen LogP contribution in [0, 0.1) is 0 Å². The Morgan fingerprint density at radius 3 is 2.26 bits per heavy atom. The number of amidine groups is 1. The molecule has 0 bridgehead atoms. The molecule has 7 heteroatoms. The Labute approximate surface area is 188 Å². The Morgan fingerprint density at radius 2 is 1.61 bits per heavy atom. The molecule has 3 aromatic rings. The van der Waals surface area contributed by atoms with Crippen molar-refractivity contribution >= 4 is 38.0 Å². The zero-order valence-electron chi connectivity index (χ0n) is 16.7. The monoisotopic (exact) mass is 474 g/mol. The average molecular weight is 475 g/mol. The topological polar surface area (TPSA) is 66.3 Å². The zero-order chi connectivity index (χ0) is 21.4. The SMILES string of the molecule is COc1ccc([C@H]2C(Br)=NN(c3ccccc3)[C@@]23N=C(c2ccccc2)NC3=O)cc1. The number of rotatable bonds is 4. The second-order valence-corrected chi connectivity index (χ2v) is 8.10. The van der Waals surface area contributed by atoms with Crippen LogP contribution in [0.15, 0.2) is 95.0 Å². The van der Waals surface area contributed by atoms with Gasteiger partial charge in [-0.05, 0) is 45.8 Å². The minimum Gasteiger partial charge on any atom is -0.497 e. The Bertz CT molecular complexity index is 1180. The minimum absolute atomic E-state index is 0.228. The molecular formula is C24H19BrN4O2. The van der Waals surface area contributed by atoms with Crippen molar-refractivity contribution in [2.45, 2.75) is 11.6 Å². The van der Waals surface area contributed by atoms with Crippen LogP contribution < -0.4 is 15.1 Å². The number of aliphatic imine (C=N–C) groups is 1. The number of ether oxygens (including phenoxy) is 1. The number of para-hydroxylation sites is 1. The molecule has 0 saturated heterocycles. The Morgan fingerprint density at radius 1 is 0.968 bits per heavy atom. The zero-order valence-corrected chi connectivity index (χ0v) is 18.3. The van der Waals surface area contributed by atoms with E-state index in [2.05, 4.69) is 21.2 Å². The summed E-state index contributed by atoms with van der Waals surface area (Å²) in [6, 6.07) is 26.9. The normalized spacial score (nSPS) is 22.3. The smallest absolute Gasteiger partial charge is 0.277 e. The van der Waals surface area contributed by atoms with E-state index < -0.39 is 11.6 Å². The quantitative estimate of drug-likeness (QED) is 0.613. The summed E-state index contributed by atoms with van der Waals surface area (Å²) in [6.45, 7) is 0. The molecule has 2 heterocycles. The van der Waals surface area contributed by atoms with E-state index in [0.29, 0.717) is 10.5 Å². The Hall–Kier alpha value is -3.45. The van der Waals surface area contributed by atoms with Gasteiger partial charge in [0.1, 0.15) is 16.2 Å². The first-order valence-corrected chi connectivity index (χ1v) is 10.6. The summed E-state index contributed by atoms with van der Waals surface area (Å²) in [5.41, 5.74) is 1.24. The second kappa shape index (κ2) is 7.67. The number of amides is 1. The number of halogens is 1. The number of hydrogen-bond acceptors (Lipinski definition) is 5. The largest absolute Gasteiger partial charge is 0.497 e. The molecular weight excluding hydrogens is 456 g/mol. The highest BCUT2D eigenvalue weighted by molar-refractivity contribution is 9.18. The number of nitrogens with one attached hydrogen (secondary N) is 1. The van der Waals surface area contributed by atoms with E-state index in [9.17, 15) is 4.79 Å². The van der Waals surface area contributed by atoms with Gasteiger partial charge in [-0.3, -0.25) is 4.79 Å². The third-order valence-corrected chi connectivity index (χ3v) is 6.12. The number of hydrazone groups is 1. The molecule has 2 aliphatic heterocycles. The standard InChI is InChI=1S/C24H19BrN4O2/c1-31-19-14-12-16(13-15-19)20-21(25)28-29(18-10-6-3-7-11-18)24(20)23(30)26-22(27-24)17-8-4-2-5-9-17/h2-15,20H,1H3,(H,26,27,30)/t20-,24-/m0/s1. The second-order valence-electron chi connectivity index (χ2n) is 7.28. The number of carbonyl (C=O) groups is 1. The maximum Gasteiger partial charge on any atom is 0.277 e. The van der Waals surface area contributed by atoms with E-state index in [4.69, 9.17) is 14.8 Å². The highest BCUT2D eigenvalue weighted by atomic mass is 79.9. The van der Waals surface area contributed by atoms with Gasteiger partial charge in [0.15, 0.2) is 0 Å². The lowest BCUT2D eigenvalue weighted by molar-refractivity contribution is -0.123. The first kappa shape index (κ1) is 19.5. The maximum atomic E-state index is 13.6. The maximum absolute atomic E-state index is 13.6. The predicted octanol–water partition coefficient (Wildman–Crippen LogP) is 4.28. The van der Waals surface area contributed by atoms with Crippen LogP contribution in [0.4, 0.5) is 5.69 Å². The van der Waals surface area contributed by atoms with Gasteiger partial charge in [0.2, 0.25) is 5.66 Å². The summed E-state index contributed by atoms with van der Waals surface area (Å²) in [5, 5.41) is 9.44. The molecule has 6 nitrogen and oxygen atoms in total. The molecule has 2 atom stereocenters. The van der Waals surface area contributed by atoms with Crippen molar-refractivity contribution < 1.29 is 9.53 Å².